The number of aliphatic hydroxyl groups excluding tert-OH is 1. The molecular formula is C20H23NO7. The van der Waals surface area contributed by atoms with Gasteiger partial charge < -0.3 is 34.1 Å². The highest BCUT2D eigenvalue weighted by Gasteiger charge is 2.49. The molecule has 0 bridgehead atoms. The van der Waals surface area contributed by atoms with Crippen molar-refractivity contribution in [3.05, 3.63) is 35.9 Å². The van der Waals surface area contributed by atoms with Crippen molar-refractivity contribution < 1.29 is 34.0 Å². The fraction of sp³-hybridized carbons (Fsp3) is 0.350. The van der Waals surface area contributed by atoms with Gasteiger partial charge in [-0.2, -0.15) is 0 Å². The second-order valence-corrected chi connectivity index (χ2v) is 6.26. The summed E-state index contributed by atoms with van der Waals surface area (Å²) in [5.74, 6) is 0.667. The minimum Gasteiger partial charge on any atom is -0.504 e. The van der Waals surface area contributed by atoms with Gasteiger partial charge in [0.25, 0.3) is 0 Å². The standard InChI is InChI=1S/C20H23NO7/c1-25-15-6-5-11(7-14(15)23)18-13(10-22)20(24)21(18)12-8-16(26-2)19(28-4)17(9-12)27-3/h5-9,13,18,22-23H,10H2,1-4H3/t13-,18-/m0/s1. The highest BCUT2D eigenvalue weighted by Crippen LogP contribution is 2.49. The van der Waals surface area contributed by atoms with Gasteiger partial charge >= 0.3 is 0 Å². The molecule has 2 N–H and O–H groups in total. The molecule has 1 aliphatic heterocycles. The second kappa shape index (κ2) is 7.85. The maximum absolute atomic E-state index is 12.7. The summed E-state index contributed by atoms with van der Waals surface area (Å²) in [5.41, 5.74) is 1.20. The van der Waals surface area contributed by atoms with Gasteiger partial charge in [0.1, 0.15) is 0 Å². The normalized spacial score (nSPS) is 18.5. The number of amides is 1. The van der Waals surface area contributed by atoms with Gasteiger partial charge in [-0.25, -0.2) is 0 Å². The van der Waals surface area contributed by atoms with Crippen molar-refractivity contribution in [2.45, 2.75) is 6.04 Å². The van der Waals surface area contributed by atoms with Crippen molar-refractivity contribution in [2.24, 2.45) is 5.92 Å². The van der Waals surface area contributed by atoms with Crippen LogP contribution in [0.4, 0.5) is 5.69 Å². The first-order valence-corrected chi connectivity index (χ1v) is 8.61. The van der Waals surface area contributed by atoms with Crippen LogP contribution in [-0.2, 0) is 4.79 Å². The van der Waals surface area contributed by atoms with E-state index in [1.807, 2.05) is 0 Å². The Labute approximate surface area is 162 Å². The summed E-state index contributed by atoms with van der Waals surface area (Å²) >= 11 is 0. The van der Waals surface area contributed by atoms with Gasteiger partial charge in [-0.3, -0.25) is 4.79 Å². The number of ether oxygens (including phenoxy) is 4. The van der Waals surface area contributed by atoms with Crippen molar-refractivity contribution in [1.29, 1.82) is 0 Å². The number of benzene rings is 2. The summed E-state index contributed by atoms with van der Waals surface area (Å²) in [7, 11) is 5.95. The third-order valence-electron chi connectivity index (χ3n) is 4.88. The van der Waals surface area contributed by atoms with Crippen molar-refractivity contribution in [3.8, 4) is 28.7 Å². The summed E-state index contributed by atoms with van der Waals surface area (Å²) in [6.45, 7) is -0.308. The molecule has 1 aliphatic rings. The van der Waals surface area contributed by atoms with E-state index in [4.69, 9.17) is 18.9 Å². The Hall–Kier alpha value is -3.13. The van der Waals surface area contributed by atoms with Gasteiger partial charge in [0.2, 0.25) is 11.7 Å². The van der Waals surface area contributed by atoms with E-state index in [2.05, 4.69) is 0 Å². The van der Waals surface area contributed by atoms with Crippen LogP contribution in [0, 0.1) is 5.92 Å². The van der Waals surface area contributed by atoms with Gasteiger partial charge in [0.15, 0.2) is 23.0 Å². The molecule has 1 amide bonds. The van der Waals surface area contributed by atoms with Crippen molar-refractivity contribution >= 4 is 11.6 Å². The predicted molar refractivity (Wildman–Crippen MR) is 102 cm³/mol. The number of methoxy groups -OCH3 is 4. The van der Waals surface area contributed by atoms with E-state index in [0.29, 0.717) is 34.2 Å². The molecule has 8 heteroatoms. The summed E-state index contributed by atoms with van der Waals surface area (Å²) in [6.07, 6.45) is 0. The number of rotatable bonds is 7. The molecule has 2 aromatic rings. The second-order valence-electron chi connectivity index (χ2n) is 6.26. The Bertz CT molecular complexity index is 858. The number of aromatic hydroxyl groups is 1. The van der Waals surface area contributed by atoms with Gasteiger partial charge in [0, 0.05) is 12.1 Å². The van der Waals surface area contributed by atoms with E-state index in [1.165, 1.54) is 39.4 Å². The van der Waals surface area contributed by atoms with Crippen LogP contribution in [-0.4, -0.2) is 51.2 Å². The monoisotopic (exact) mass is 389 g/mol. The van der Waals surface area contributed by atoms with E-state index in [0.717, 1.165) is 0 Å². The first-order chi connectivity index (χ1) is 13.5. The molecule has 0 unspecified atom stereocenters. The Balaban J connectivity index is 2.07. The molecule has 1 heterocycles. The third kappa shape index (κ3) is 3.05. The lowest BCUT2D eigenvalue weighted by Crippen LogP contribution is -2.56. The topological polar surface area (TPSA) is 97.7 Å². The zero-order valence-electron chi connectivity index (χ0n) is 16.1. The van der Waals surface area contributed by atoms with Crippen LogP contribution in [0.2, 0.25) is 0 Å². The highest BCUT2D eigenvalue weighted by atomic mass is 16.5. The SMILES string of the molecule is COc1ccc([C@H]2[C@H](CO)C(=O)N2c2cc(OC)c(OC)c(OC)c2)cc1O. The molecule has 0 radical (unpaired) electrons. The van der Waals surface area contributed by atoms with Crippen LogP contribution in [0.15, 0.2) is 30.3 Å². The number of β-lactam (4-membered cyclic amide) rings is 1. The van der Waals surface area contributed by atoms with Gasteiger partial charge in [-0.15, -0.1) is 0 Å². The number of carbonyl (C=O) groups is 1. The molecule has 150 valence electrons. The number of anilines is 1. The van der Waals surface area contributed by atoms with Crippen LogP contribution < -0.4 is 23.8 Å². The average Bonchev–Trinajstić information content (AvgIpc) is 2.71. The maximum Gasteiger partial charge on any atom is 0.235 e. The summed E-state index contributed by atoms with van der Waals surface area (Å²) in [6, 6.07) is 7.78. The molecule has 28 heavy (non-hydrogen) atoms. The molecule has 1 fully saturated rings. The first-order valence-electron chi connectivity index (χ1n) is 8.61. The molecule has 2 atom stereocenters. The fourth-order valence-corrected chi connectivity index (χ4v) is 3.49. The Kier molecular flexibility index (Phi) is 5.51. The highest BCUT2D eigenvalue weighted by molar-refractivity contribution is 6.03. The molecular weight excluding hydrogens is 366 g/mol. The molecule has 0 saturated carbocycles. The van der Waals surface area contributed by atoms with E-state index < -0.39 is 12.0 Å². The molecule has 2 aromatic carbocycles. The van der Waals surface area contributed by atoms with Gasteiger partial charge in [-0.05, 0) is 17.7 Å². The van der Waals surface area contributed by atoms with Crippen LogP contribution in [0.1, 0.15) is 11.6 Å². The van der Waals surface area contributed by atoms with Gasteiger partial charge in [-0.1, -0.05) is 6.07 Å². The molecule has 8 nitrogen and oxygen atoms in total. The molecule has 3 rings (SSSR count). The van der Waals surface area contributed by atoms with Crippen molar-refractivity contribution in [3.63, 3.8) is 0 Å². The van der Waals surface area contributed by atoms with Crippen LogP contribution in [0.5, 0.6) is 28.7 Å². The fourth-order valence-electron chi connectivity index (χ4n) is 3.49. The number of carbonyl (C=O) groups excluding carboxylic acids is 1. The third-order valence-corrected chi connectivity index (χ3v) is 4.88. The average molecular weight is 389 g/mol. The number of hydrogen-bond donors (Lipinski definition) is 2. The number of hydrogen-bond acceptors (Lipinski definition) is 7. The van der Waals surface area contributed by atoms with E-state index in [9.17, 15) is 15.0 Å². The quantitative estimate of drug-likeness (QED) is 0.700. The van der Waals surface area contributed by atoms with Crippen molar-refractivity contribution in [2.75, 3.05) is 39.9 Å². The van der Waals surface area contributed by atoms with Crippen LogP contribution in [0.3, 0.4) is 0 Å². The minimum absolute atomic E-state index is 0.0409. The number of nitrogens with zero attached hydrogens (tertiary/aromatic N) is 1. The molecule has 1 saturated heterocycles. The first kappa shape index (κ1) is 19.6. The van der Waals surface area contributed by atoms with Crippen LogP contribution in [0.25, 0.3) is 0 Å². The number of phenolic OH excluding ortho intramolecular Hbond substituents is 1. The molecule has 0 aliphatic carbocycles. The van der Waals surface area contributed by atoms with E-state index in [1.54, 1.807) is 24.3 Å². The predicted octanol–water partition coefficient (Wildman–Crippen LogP) is 2.12. The lowest BCUT2D eigenvalue weighted by Gasteiger charge is -2.47. The lowest BCUT2D eigenvalue weighted by atomic mass is 9.82. The number of phenols is 1. The minimum atomic E-state index is -0.619. The zero-order valence-corrected chi connectivity index (χ0v) is 16.1. The largest absolute Gasteiger partial charge is 0.504 e. The maximum atomic E-state index is 12.7. The summed E-state index contributed by atoms with van der Waals surface area (Å²) < 4.78 is 21.1. The Morgan fingerprint density at radius 2 is 1.54 bits per heavy atom. The zero-order chi connectivity index (χ0) is 20.4. The van der Waals surface area contributed by atoms with Crippen LogP contribution >= 0.6 is 0 Å². The van der Waals surface area contributed by atoms with E-state index >= 15 is 0 Å². The molecule has 0 aromatic heterocycles. The lowest BCUT2D eigenvalue weighted by molar-refractivity contribution is -0.132. The van der Waals surface area contributed by atoms with Gasteiger partial charge in [0.05, 0.1) is 52.7 Å². The summed E-state index contributed by atoms with van der Waals surface area (Å²) in [4.78, 5) is 14.2. The molecule has 0 spiro atoms. The summed E-state index contributed by atoms with van der Waals surface area (Å²) in [5, 5.41) is 19.8. The Morgan fingerprint density at radius 1 is 0.929 bits per heavy atom. The van der Waals surface area contributed by atoms with Crippen molar-refractivity contribution in [1.82, 2.24) is 0 Å². The number of aliphatic hydroxyl groups is 1. The Morgan fingerprint density at radius 3 is 2.00 bits per heavy atom. The van der Waals surface area contributed by atoms with E-state index in [-0.39, 0.29) is 18.3 Å². The smallest absolute Gasteiger partial charge is 0.235 e.